The van der Waals surface area contributed by atoms with Gasteiger partial charge in [0, 0.05) is 19.7 Å². The van der Waals surface area contributed by atoms with Crippen LogP contribution in [0.3, 0.4) is 0 Å². The van der Waals surface area contributed by atoms with Gasteiger partial charge in [0.15, 0.2) is 9.84 Å². The molecule has 1 unspecified atom stereocenters. The Morgan fingerprint density at radius 2 is 1.87 bits per heavy atom. The van der Waals surface area contributed by atoms with Gasteiger partial charge in [-0.3, -0.25) is 0 Å². The Hall–Kier alpha value is -0.130. The average molecular weight is 237 g/mol. The van der Waals surface area contributed by atoms with Crippen LogP contribution < -0.4 is 5.32 Å². The molecule has 1 N–H and O–H groups in total. The van der Waals surface area contributed by atoms with Gasteiger partial charge < -0.3 is 10.1 Å². The Balaban J connectivity index is 3.75. The van der Waals surface area contributed by atoms with E-state index in [0.29, 0.717) is 13.2 Å². The van der Waals surface area contributed by atoms with Gasteiger partial charge in [0.25, 0.3) is 0 Å². The second-order valence-electron chi connectivity index (χ2n) is 4.32. The quantitative estimate of drug-likeness (QED) is 0.674. The average Bonchev–Trinajstić information content (AvgIpc) is 2.01. The number of nitrogens with one attached hydrogen (secondary N) is 1. The molecule has 0 radical (unpaired) electrons. The van der Waals surface area contributed by atoms with E-state index in [4.69, 9.17) is 4.74 Å². The van der Waals surface area contributed by atoms with E-state index in [1.165, 1.54) is 0 Å². The Morgan fingerprint density at radius 3 is 2.33 bits per heavy atom. The molecule has 5 heteroatoms. The van der Waals surface area contributed by atoms with Crippen LogP contribution in [0.5, 0.6) is 0 Å². The SMILES string of the molecule is COCC(C)NCCS(=O)(=O)CC(C)C. The van der Waals surface area contributed by atoms with Crippen LogP contribution in [0.15, 0.2) is 0 Å². The van der Waals surface area contributed by atoms with Gasteiger partial charge in [-0.05, 0) is 12.8 Å². The molecule has 0 aliphatic heterocycles. The fourth-order valence-electron chi connectivity index (χ4n) is 1.36. The molecule has 0 fully saturated rings. The summed E-state index contributed by atoms with van der Waals surface area (Å²) in [7, 11) is -1.26. The first kappa shape index (κ1) is 14.9. The zero-order valence-electron chi connectivity index (χ0n) is 10.1. The monoisotopic (exact) mass is 237 g/mol. The first-order chi connectivity index (χ1) is 6.87. The van der Waals surface area contributed by atoms with Crippen molar-refractivity contribution in [2.45, 2.75) is 26.8 Å². The van der Waals surface area contributed by atoms with Gasteiger partial charge in [-0.2, -0.15) is 0 Å². The Morgan fingerprint density at radius 1 is 1.27 bits per heavy atom. The number of rotatable bonds is 8. The molecule has 0 rings (SSSR count). The lowest BCUT2D eigenvalue weighted by atomic mass is 10.3. The summed E-state index contributed by atoms with van der Waals surface area (Å²) in [6.07, 6.45) is 0. The Kier molecular flexibility index (Phi) is 7.13. The number of methoxy groups -OCH3 is 1. The fraction of sp³-hybridized carbons (Fsp3) is 1.00. The normalized spacial score (nSPS) is 14.5. The lowest BCUT2D eigenvalue weighted by molar-refractivity contribution is 0.173. The second-order valence-corrected chi connectivity index (χ2v) is 6.55. The minimum Gasteiger partial charge on any atom is -0.383 e. The number of sulfone groups is 1. The van der Waals surface area contributed by atoms with E-state index in [0.717, 1.165) is 0 Å². The molecule has 15 heavy (non-hydrogen) atoms. The maximum Gasteiger partial charge on any atom is 0.151 e. The highest BCUT2D eigenvalue weighted by molar-refractivity contribution is 7.91. The highest BCUT2D eigenvalue weighted by Crippen LogP contribution is 1.99. The number of hydrogen-bond acceptors (Lipinski definition) is 4. The fourth-order valence-corrected chi connectivity index (χ4v) is 2.97. The molecule has 0 saturated heterocycles. The van der Waals surface area contributed by atoms with Gasteiger partial charge >= 0.3 is 0 Å². The molecule has 0 heterocycles. The van der Waals surface area contributed by atoms with Crippen molar-refractivity contribution < 1.29 is 13.2 Å². The molecular weight excluding hydrogens is 214 g/mol. The lowest BCUT2D eigenvalue weighted by Crippen LogP contribution is -2.34. The van der Waals surface area contributed by atoms with E-state index in [1.807, 2.05) is 20.8 Å². The highest BCUT2D eigenvalue weighted by atomic mass is 32.2. The molecule has 0 aromatic heterocycles. The van der Waals surface area contributed by atoms with Crippen molar-refractivity contribution in [2.75, 3.05) is 31.8 Å². The Bertz CT molecular complexity index is 249. The highest BCUT2D eigenvalue weighted by Gasteiger charge is 2.13. The van der Waals surface area contributed by atoms with Crippen LogP contribution in [-0.4, -0.2) is 46.2 Å². The molecule has 4 nitrogen and oxygen atoms in total. The summed E-state index contributed by atoms with van der Waals surface area (Å²) >= 11 is 0. The van der Waals surface area contributed by atoms with Crippen molar-refractivity contribution in [3.8, 4) is 0 Å². The molecular formula is C10H23NO3S. The summed E-state index contributed by atoms with van der Waals surface area (Å²) in [6, 6.07) is 0.198. The minimum absolute atomic E-state index is 0.198. The standard InChI is InChI=1S/C10H23NO3S/c1-9(2)8-15(12,13)6-5-11-10(3)7-14-4/h9-11H,5-8H2,1-4H3. The van der Waals surface area contributed by atoms with E-state index in [1.54, 1.807) is 7.11 Å². The van der Waals surface area contributed by atoms with Crippen LogP contribution in [0.1, 0.15) is 20.8 Å². The third-order valence-corrected chi connectivity index (χ3v) is 3.91. The zero-order valence-corrected chi connectivity index (χ0v) is 10.9. The van der Waals surface area contributed by atoms with Gasteiger partial charge in [-0.15, -0.1) is 0 Å². The maximum absolute atomic E-state index is 11.5. The van der Waals surface area contributed by atoms with Crippen LogP contribution in [0.4, 0.5) is 0 Å². The van der Waals surface area contributed by atoms with Crippen LogP contribution in [0, 0.1) is 5.92 Å². The third kappa shape index (κ3) is 8.84. The summed E-state index contributed by atoms with van der Waals surface area (Å²) in [4.78, 5) is 0. The number of hydrogen-bond donors (Lipinski definition) is 1. The van der Waals surface area contributed by atoms with Gasteiger partial charge in [0.2, 0.25) is 0 Å². The lowest BCUT2D eigenvalue weighted by Gasteiger charge is -2.13. The van der Waals surface area contributed by atoms with Crippen molar-refractivity contribution in [1.29, 1.82) is 0 Å². The summed E-state index contributed by atoms with van der Waals surface area (Å²) in [5.74, 6) is 0.679. The van der Waals surface area contributed by atoms with Crippen LogP contribution in [-0.2, 0) is 14.6 Å². The van der Waals surface area contributed by atoms with Crippen molar-refractivity contribution in [3.63, 3.8) is 0 Å². The van der Waals surface area contributed by atoms with Crippen molar-refractivity contribution in [3.05, 3.63) is 0 Å². The molecule has 0 aliphatic rings. The Labute approximate surface area is 93.3 Å². The molecule has 0 saturated carbocycles. The van der Waals surface area contributed by atoms with E-state index in [9.17, 15) is 8.42 Å². The van der Waals surface area contributed by atoms with Gasteiger partial charge in [0.1, 0.15) is 0 Å². The van der Waals surface area contributed by atoms with Crippen LogP contribution in [0.25, 0.3) is 0 Å². The van der Waals surface area contributed by atoms with Crippen molar-refractivity contribution in [1.82, 2.24) is 5.32 Å². The molecule has 92 valence electrons. The van der Waals surface area contributed by atoms with Gasteiger partial charge in [-0.1, -0.05) is 13.8 Å². The van der Waals surface area contributed by atoms with E-state index < -0.39 is 9.84 Å². The number of ether oxygens (including phenoxy) is 1. The summed E-state index contributed by atoms with van der Waals surface area (Å²) in [5, 5.41) is 3.11. The smallest absolute Gasteiger partial charge is 0.151 e. The zero-order chi connectivity index (χ0) is 11.9. The minimum atomic E-state index is -2.89. The largest absolute Gasteiger partial charge is 0.383 e. The second kappa shape index (κ2) is 7.19. The molecule has 0 aromatic rings. The van der Waals surface area contributed by atoms with Crippen molar-refractivity contribution in [2.24, 2.45) is 5.92 Å². The molecule has 1 atom stereocenters. The van der Waals surface area contributed by atoms with Crippen molar-refractivity contribution >= 4 is 9.84 Å². The maximum atomic E-state index is 11.5. The molecule has 0 bridgehead atoms. The van der Waals surface area contributed by atoms with Gasteiger partial charge in [0.05, 0.1) is 18.1 Å². The molecule has 0 spiro atoms. The first-order valence-electron chi connectivity index (χ1n) is 5.30. The predicted octanol–water partition coefficient (Wildman–Crippen LogP) is 0.682. The summed E-state index contributed by atoms with van der Waals surface area (Å²) in [5.41, 5.74) is 0. The molecule has 0 aromatic carbocycles. The van der Waals surface area contributed by atoms with E-state index >= 15 is 0 Å². The van der Waals surface area contributed by atoms with E-state index in [2.05, 4.69) is 5.32 Å². The van der Waals surface area contributed by atoms with E-state index in [-0.39, 0.29) is 23.5 Å². The molecule has 0 aliphatic carbocycles. The van der Waals surface area contributed by atoms with Crippen LogP contribution >= 0.6 is 0 Å². The van der Waals surface area contributed by atoms with Crippen LogP contribution in [0.2, 0.25) is 0 Å². The summed E-state index contributed by atoms with van der Waals surface area (Å²) in [6.45, 7) is 6.90. The third-order valence-electron chi connectivity index (χ3n) is 1.91. The topological polar surface area (TPSA) is 55.4 Å². The summed E-state index contributed by atoms with van der Waals surface area (Å²) < 4.78 is 28.0. The first-order valence-corrected chi connectivity index (χ1v) is 7.12. The predicted molar refractivity (Wildman–Crippen MR) is 62.8 cm³/mol. The van der Waals surface area contributed by atoms with Gasteiger partial charge in [-0.25, -0.2) is 8.42 Å². The molecule has 0 amide bonds.